The Kier molecular flexibility index (Phi) is 4.51. The van der Waals surface area contributed by atoms with Crippen molar-refractivity contribution in [3.8, 4) is 0 Å². The van der Waals surface area contributed by atoms with Gasteiger partial charge in [-0.1, -0.05) is 30.3 Å². The van der Waals surface area contributed by atoms with E-state index in [1.54, 1.807) is 4.90 Å². The lowest BCUT2D eigenvalue weighted by Gasteiger charge is -2.34. The van der Waals surface area contributed by atoms with E-state index in [1.807, 2.05) is 23.1 Å². The molecule has 0 N–H and O–H groups in total. The van der Waals surface area contributed by atoms with Crippen LogP contribution < -0.4 is 5.56 Å². The maximum absolute atomic E-state index is 12.7. The van der Waals surface area contributed by atoms with Crippen molar-refractivity contribution in [3.05, 3.63) is 64.1 Å². The number of nitrogens with zero attached hydrogens (tertiary/aromatic N) is 4. The highest BCUT2D eigenvalue weighted by molar-refractivity contribution is 5.92. The van der Waals surface area contributed by atoms with Gasteiger partial charge in [-0.05, 0) is 24.0 Å². The molecular formula is C20H22N4O3. The average molecular weight is 366 g/mol. The van der Waals surface area contributed by atoms with Crippen molar-refractivity contribution in [2.75, 3.05) is 26.2 Å². The van der Waals surface area contributed by atoms with Gasteiger partial charge in [-0.15, -0.1) is 0 Å². The molecule has 2 fully saturated rings. The molecule has 2 atom stereocenters. The third kappa shape index (κ3) is 3.49. The Labute approximate surface area is 157 Å². The maximum Gasteiger partial charge on any atom is 0.274 e. The molecule has 1 saturated heterocycles. The van der Waals surface area contributed by atoms with Gasteiger partial charge in [-0.25, -0.2) is 4.68 Å². The number of carbonyl (C=O) groups is 2. The fourth-order valence-electron chi connectivity index (χ4n) is 3.68. The van der Waals surface area contributed by atoms with Crippen LogP contribution in [-0.2, 0) is 11.8 Å². The molecule has 2 aromatic rings. The second kappa shape index (κ2) is 6.98. The van der Waals surface area contributed by atoms with E-state index >= 15 is 0 Å². The third-order valence-corrected chi connectivity index (χ3v) is 5.39. The zero-order chi connectivity index (χ0) is 19.0. The van der Waals surface area contributed by atoms with Crippen LogP contribution >= 0.6 is 0 Å². The third-order valence-electron chi connectivity index (χ3n) is 5.39. The zero-order valence-corrected chi connectivity index (χ0v) is 15.2. The smallest absolute Gasteiger partial charge is 0.274 e. The molecular weight excluding hydrogens is 344 g/mol. The molecule has 7 heteroatoms. The number of benzene rings is 1. The van der Waals surface area contributed by atoms with Gasteiger partial charge in [0.05, 0.1) is 0 Å². The van der Waals surface area contributed by atoms with Crippen LogP contribution in [0.15, 0.2) is 47.3 Å². The molecule has 0 unspecified atom stereocenters. The van der Waals surface area contributed by atoms with Crippen LogP contribution in [0.5, 0.6) is 0 Å². The monoisotopic (exact) mass is 366 g/mol. The van der Waals surface area contributed by atoms with Gasteiger partial charge >= 0.3 is 0 Å². The highest BCUT2D eigenvalue weighted by Gasteiger charge is 2.46. The number of carbonyl (C=O) groups excluding carboxylic acids is 2. The second-order valence-corrected chi connectivity index (χ2v) is 7.16. The van der Waals surface area contributed by atoms with Gasteiger partial charge in [0, 0.05) is 45.2 Å². The first kappa shape index (κ1) is 17.5. The molecule has 2 heterocycles. The summed E-state index contributed by atoms with van der Waals surface area (Å²) in [7, 11) is 1.52. The number of hydrogen-bond donors (Lipinski definition) is 0. The maximum atomic E-state index is 12.7. The summed E-state index contributed by atoms with van der Waals surface area (Å²) in [6, 6.07) is 13.0. The Morgan fingerprint density at radius 1 is 0.963 bits per heavy atom. The molecule has 1 aromatic heterocycles. The van der Waals surface area contributed by atoms with Crippen LogP contribution in [0.1, 0.15) is 28.4 Å². The van der Waals surface area contributed by atoms with E-state index in [0.717, 1.165) is 11.1 Å². The highest BCUT2D eigenvalue weighted by atomic mass is 16.2. The van der Waals surface area contributed by atoms with E-state index in [0.29, 0.717) is 32.1 Å². The summed E-state index contributed by atoms with van der Waals surface area (Å²) in [6.07, 6.45) is 0.907. The number of rotatable bonds is 3. The standard InChI is InChI=1S/C20H22N4O3/c1-22-18(25)8-7-17(21-22)20(27)24-11-9-23(10-12-24)19(26)16-13-15(16)14-5-3-2-4-6-14/h2-8,15-16H,9-13H2,1H3/t15-,16-/m1/s1. The minimum Gasteiger partial charge on any atom is -0.339 e. The molecule has 27 heavy (non-hydrogen) atoms. The minimum atomic E-state index is -0.251. The van der Waals surface area contributed by atoms with Gasteiger partial charge in [0.2, 0.25) is 5.91 Å². The number of aromatic nitrogens is 2. The SMILES string of the molecule is Cn1nc(C(=O)N2CCN(C(=O)[C@@H]3C[C@@H]3c3ccccc3)CC2)ccc1=O. The van der Waals surface area contributed by atoms with Crippen molar-refractivity contribution >= 4 is 11.8 Å². The van der Waals surface area contributed by atoms with Crippen molar-refractivity contribution in [2.24, 2.45) is 13.0 Å². The van der Waals surface area contributed by atoms with E-state index in [2.05, 4.69) is 17.2 Å². The molecule has 0 bridgehead atoms. The van der Waals surface area contributed by atoms with E-state index in [1.165, 1.54) is 24.7 Å². The minimum absolute atomic E-state index is 0.0694. The van der Waals surface area contributed by atoms with Crippen LogP contribution in [0.4, 0.5) is 0 Å². The van der Waals surface area contributed by atoms with Crippen molar-refractivity contribution in [1.29, 1.82) is 0 Å². The van der Waals surface area contributed by atoms with Gasteiger partial charge in [-0.2, -0.15) is 5.10 Å². The van der Waals surface area contributed by atoms with Crippen molar-refractivity contribution in [2.45, 2.75) is 12.3 Å². The lowest BCUT2D eigenvalue weighted by Crippen LogP contribution is -2.51. The molecule has 2 amide bonds. The molecule has 140 valence electrons. The second-order valence-electron chi connectivity index (χ2n) is 7.16. The molecule has 1 aliphatic heterocycles. The van der Waals surface area contributed by atoms with Crippen molar-refractivity contribution in [3.63, 3.8) is 0 Å². The van der Waals surface area contributed by atoms with Crippen LogP contribution in [0.3, 0.4) is 0 Å². The lowest BCUT2D eigenvalue weighted by molar-refractivity contribution is -0.134. The van der Waals surface area contributed by atoms with Gasteiger partial charge in [-0.3, -0.25) is 14.4 Å². The van der Waals surface area contributed by atoms with Crippen LogP contribution in [-0.4, -0.2) is 57.6 Å². The molecule has 1 aromatic carbocycles. The fourth-order valence-corrected chi connectivity index (χ4v) is 3.68. The quantitative estimate of drug-likeness (QED) is 0.808. The van der Waals surface area contributed by atoms with Crippen LogP contribution in [0.2, 0.25) is 0 Å². The van der Waals surface area contributed by atoms with E-state index in [9.17, 15) is 14.4 Å². The lowest BCUT2D eigenvalue weighted by atomic mass is 10.1. The van der Waals surface area contributed by atoms with Crippen LogP contribution in [0, 0.1) is 5.92 Å². The Bertz CT molecular complexity index is 916. The summed E-state index contributed by atoms with van der Waals surface area (Å²) >= 11 is 0. The topological polar surface area (TPSA) is 75.5 Å². The van der Waals surface area contributed by atoms with E-state index in [-0.39, 0.29) is 29.0 Å². The highest BCUT2D eigenvalue weighted by Crippen LogP contribution is 2.48. The number of amides is 2. The van der Waals surface area contributed by atoms with Crippen molar-refractivity contribution in [1.82, 2.24) is 19.6 Å². The zero-order valence-electron chi connectivity index (χ0n) is 15.2. The number of hydrogen-bond acceptors (Lipinski definition) is 4. The normalized spacial score (nSPS) is 21.8. The Morgan fingerprint density at radius 2 is 1.63 bits per heavy atom. The summed E-state index contributed by atoms with van der Waals surface area (Å²) in [6.45, 7) is 2.04. The van der Waals surface area contributed by atoms with E-state index in [4.69, 9.17) is 0 Å². The van der Waals surface area contributed by atoms with Crippen LogP contribution in [0.25, 0.3) is 0 Å². The molecule has 4 rings (SSSR count). The summed E-state index contributed by atoms with van der Waals surface area (Å²) < 4.78 is 1.16. The van der Waals surface area contributed by atoms with Gasteiger partial charge in [0.25, 0.3) is 11.5 Å². The van der Waals surface area contributed by atoms with E-state index < -0.39 is 0 Å². The first-order chi connectivity index (χ1) is 13.0. The summed E-state index contributed by atoms with van der Waals surface area (Å²) in [5, 5.41) is 4.02. The van der Waals surface area contributed by atoms with Gasteiger partial charge in [0.15, 0.2) is 0 Å². The summed E-state index contributed by atoms with van der Waals surface area (Å²) in [5.74, 6) is 0.385. The first-order valence-electron chi connectivity index (χ1n) is 9.22. The molecule has 7 nitrogen and oxygen atoms in total. The first-order valence-corrected chi connectivity index (χ1v) is 9.22. The summed E-state index contributed by atoms with van der Waals surface area (Å²) in [4.78, 5) is 40.3. The largest absolute Gasteiger partial charge is 0.339 e. The van der Waals surface area contributed by atoms with Gasteiger partial charge < -0.3 is 9.80 Å². The number of piperazine rings is 1. The Morgan fingerprint density at radius 3 is 2.30 bits per heavy atom. The predicted octanol–water partition coefficient (Wildman–Crippen LogP) is 0.868. The average Bonchev–Trinajstić information content (AvgIpc) is 3.51. The van der Waals surface area contributed by atoms with Crippen molar-refractivity contribution < 1.29 is 9.59 Å². The summed E-state index contributed by atoms with van der Waals surface area (Å²) in [5.41, 5.74) is 1.23. The molecule has 0 spiro atoms. The molecule has 1 aliphatic carbocycles. The molecule has 0 radical (unpaired) electrons. The molecule has 2 aliphatic rings. The number of aryl methyl sites for hydroxylation is 1. The predicted molar refractivity (Wildman–Crippen MR) is 99.3 cm³/mol. The Balaban J connectivity index is 1.34. The molecule has 1 saturated carbocycles. The Hall–Kier alpha value is -2.96. The fraction of sp³-hybridized carbons (Fsp3) is 0.400. The van der Waals surface area contributed by atoms with Gasteiger partial charge in [0.1, 0.15) is 5.69 Å².